The minimum absolute atomic E-state index is 0.164. The highest BCUT2D eigenvalue weighted by Crippen LogP contribution is 2.39. The molecule has 3 aromatic rings. The van der Waals surface area contributed by atoms with E-state index in [1.165, 1.54) is 7.11 Å². The monoisotopic (exact) mass is 529 g/mol. The predicted molar refractivity (Wildman–Crippen MR) is 137 cm³/mol. The van der Waals surface area contributed by atoms with E-state index in [0.717, 1.165) is 11.1 Å². The van der Waals surface area contributed by atoms with E-state index in [2.05, 4.69) is 0 Å². The smallest absolute Gasteiger partial charge is 0.337 e. The van der Waals surface area contributed by atoms with Crippen molar-refractivity contribution in [3.63, 3.8) is 0 Å². The van der Waals surface area contributed by atoms with Gasteiger partial charge in [0, 0.05) is 11.6 Å². The van der Waals surface area contributed by atoms with Gasteiger partial charge in [0.25, 0.3) is 5.91 Å². The Morgan fingerprint density at radius 2 is 1.64 bits per heavy atom. The summed E-state index contributed by atoms with van der Waals surface area (Å²) in [4.78, 5) is 27.1. The van der Waals surface area contributed by atoms with Crippen LogP contribution in [0.25, 0.3) is 0 Å². The van der Waals surface area contributed by atoms with Crippen LogP contribution < -0.4 is 14.2 Å². The van der Waals surface area contributed by atoms with E-state index >= 15 is 0 Å². The Kier molecular flexibility index (Phi) is 7.91. The number of rotatable bonds is 7. The summed E-state index contributed by atoms with van der Waals surface area (Å²) in [6.07, 6.45) is 0.622. The number of hydrogen-bond acceptors (Lipinski definition) is 6. The lowest BCUT2D eigenvalue weighted by Gasteiger charge is -2.38. The molecule has 1 aliphatic heterocycles. The number of ether oxygens (including phenoxy) is 4. The second-order valence-corrected chi connectivity index (χ2v) is 8.97. The molecule has 0 saturated heterocycles. The van der Waals surface area contributed by atoms with Crippen LogP contribution in [0.4, 0.5) is 0 Å². The number of hydrogen-bond donors (Lipinski definition) is 0. The van der Waals surface area contributed by atoms with E-state index in [0.29, 0.717) is 46.4 Å². The first-order valence-electron chi connectivity index (χ1n) is 11.2. The fraction of sp³-hybridized carbons (Fsp3) is 0.259. The topological polar surface area (TPSA) is 74.3 Å². The first kappa shape index (κ1) is 25.7. The molecule has 188 valence electrons. The second kappa shape index (κ2) is 11.1. The number of halogens is 2. The number of carbonyl (C=O) groups excluding carboxylic acids is 2. The minimum Gasteiger partial charge on any atom is -0.493 e. The summed E-state index contributed by atoms with van der Waals surface area (Å²) in [7, 11) is 4.48. The van der Waals surface area contributed by atoms with Crippen molar-refractivity contribution in [2.45, 2.75) is 12.5 Å². The first-order valence-corrected chi connectivity index (χ1v) is 11.9. The SMILES string of the molecule is COC(=O)c1ccc(OCC2c3cc(OC)c(OC)cc3CCN2C(=O)c2ccc(Cl)cc2Cl)cc1. The van der Waals surface area contributed by atoms with Crippen molar-refractivity contribution in [1.82, 2.24) is 4.90 Å². The number of esters is 1. The number of fused-ring (bicyclic) bond motifs is 1. The standard InChI is InChI=1S/C27H25Cl2NO6/c1-33-24-12-17-10-11-30(26(31)20-9-6-18(28)13-22(20)29)23(21(17)14-25(24)34-2)15-36-19-7-4-16(5-8-19)27(32)35-3/h4-9,12-14,23H,10-11,15H2,1-3H3. The molecule has 1 unspecified atom stereocenters. The Hall–Kier alpha value is -3.42. The normalized spacial score (nSPS) is 14.6. The quantitative estimate of drug-likeness (QED) is 0.370. The zero-order valence-electron chi connectivity index (χ0n) is 20.0. The van der Waals surface area contributed by atoms with E-state index in [1.807, 2.05) is 12.1 Å². The van der Waals surface area contributed by atoms with Crippen molar-refractivity contribution in [3.05, 3.63) is 86.9 Å². The zero-order valence-corrected chi connectivity index (χ0v) is 21.6. The van der Waals surface area contributed by atoms with Gasteiger partial charge in [0.2, 0.25) is 0 Å². The fourth-order valence-corrected chi connectivity index (χ4v) is 4.74. The van der Waals surface area contributed by atoms with Crippen LogP contribution in [0, 0.1) is 0 Å². The fourth-order valence-electron chi connectivity index (χ4n) is 4.25. The maximum atomic E-state index is 13.6. The molecule has 0 bridgehead atoms. The first-order chi connectivity index (χ1) is 17.4. The van der Waals surface area contributed by atoms with Crippen molar-refractivity contribution in [2.24, 2.45) is 0 Å². The molecular weight excluding hydrogens is 505 g/mol. The van der Waals surface area contributed by atoms with Crippen molar-refractivity contribution in [1.29, 1.82) is 0 Å². The predicted octanol–water partition coefficient (Wildman–Crippen LogP) is 5.62. The van der Waals surface area contributed by atoms with Gasteiger partial charge < -0.3 is 23.8 Å². The van der Waals surface area contributed by atoms with Crippen LogP contribution in [0.15, 0.2) is 54.6 Å². The average Bonchev–Trinajstić information content (AvgIpc) is 2.90. The number of benzene rings is 3. The van der Waals surface area contributed by atoms with Crippen LogP contribution in [-0.2, 0) is 11.2 Å². The molecule has 4 rings (SSSR count). The lowest BCUT2D eigenvalue weighted by atomic mass is 9.91. The Balaban J connectivity index is 1.68. The summed E-state index contributed by atoms with van der Waals surface area (Å²) in [6, 6.07) is 14.8. The van der Waals surface area contributed by atoms with Crippen molar-refractivity contribution < 1.29 is 28.5 Å². The molecule has 1 aliphatic rings. The van der Waals surface area contributed by atoms with Gasteiger partial charge in [-0.2, -0.15) is 0 Å². The Labute approximate surface area is 219 Å². The molecule has 1 amide bonds. The largest absolute Gasteiger partial charge is 0.493 e. The van der Waals surface area contributed by atoms with E-state index in [9.17, 15) is 9.59 Å². The van der Waals surface area contributed by atoms with Gasteiger partial charge in [0.05, 0.1) is 43.5 Å². The van der Waals surface area contributed by atoms with Gasteiger partial charge in [-0.25, -0.2) is 4.79 Å². The Morgan fingerprint density at radius 3 is 2.28 bits per heavy atom. The molecule has 1 heterocycles. The summed E-state index contributed by atoms with van der Waals surface area (Å²) in [5, 5.41) is 0.733. The molecule has 0 aliphatic carbocycles. The highest BCUT2D eigenvalue weighted by atomic mass is 35.5. The van der Waals surface area contributed by atoms with E-state index in [4.69, 9.17) is 42.1 Å². The van der Waals surface area contributed by atoms with Crippen LogP contribution >= 0.6 is 23.2 Å². The van der Waals surface area contributed by atoms with Gasteiger partial charge in [0.1, 0.15) is 12.4 Å². The molecule has 9 heteroatoms. The highest BCUT2D eigenvalue weighted by Gasteiger charge is 2.34. The third-order valence-electron chi connectivity index (χ3n) is 6.11. The van der Waals surface area contributed by atoms with Gasteiger partial charge in [-0.3, -0.25) is 4.79 Å². The molecular formula is C27H25Cl2NO6. The zero-order chi connectivity index (χ0) is 25.8. The molecule has 0 fully saturated rings. The number of methoxy groups -OCH3 is 3. The summed E-state index contributed by atoms with van der Waals surface area (Å²) in [5.74, 6) is 1.07. The van der Waals surface area contributed by atoms with Gasteiger partial charge in [0.15, 0.2) is 11.5 Å². The third-order valence-corrected chi connectivity index (χ3v) is 6.66. The molecule has 0 aromatic heterocycles. The van der Waals surface area contributed by atoms with Crippen LogP contribution in [-0.4, -0.2) is 51.3 Å². The number of carbonyl (C=O) groups is 2. The Bertz CT molecular complexity index is 1280. The Morgan fingerprint density at radius 1 is 0.944 bits per heavy atom. The molecule has 36 heavy (non-hydrogen) atoms. The molecule has 3 aromatic carbocycles. The maximum Gasteiger partial charge on any atom is 0.337 e. The van der Waals surface area contributed by atoms with Gasteiger partial charge >= 0.3 is 5.97 Å². The molecule has 1 atom stereocenters. The van der Waals surface area contributed by atoms with Crippen LogP contribution in [0.1, 0.15) is 37.9 Å². The number of amides is 1. The van der Waals surface area contributed by atoms with Crippen LogP contribution in [0.3, 0.4) is 0 Å². The van der Waals surface area contributed by atoms with Gasteiger partial charge in [-0.15, -0.1) is 0 Å². The summed E-state index contributed by atoms with van der Waals surface area (Å²) in [5.41, 5.74) is 2.70. The van der Waals surface area contributed by atoms with E-state index in [1.54, 1.807) is 61.6 Å². The lowest BCUT2D eigenvalue weighted by Crippen LogP contribution is -2.42. The summed E-state index contributed by atoms with van der Waals surface area (Å²) >= 11 is 12.4. The van der Waals surface area contributed by atoms with Crippen molar-refractivity contribution in [2.75, 3.05) is 34.5 Å². The maximum absolute atomic E-state index is 13.6. The molecule has 0 radical (unpaired) electrons. The van der Waals surface area contributed by atoms with Crippen molar-refractivity contribution in [3.8, 4) is 17.2 Å². The van der Waals surface area contributed by atoms with Gasteiger partial charge in [-0.05, 0) is 72.1 Å². The van der Waals surface area contributed by atoms with Crippen LogP contribution in [0.2, 0.25) is 10.0 Å². The number of nitrogens with zero attached hydrogens (tertiary/aromatic N) is 1. The highest BCUT2D eigenvalue weighted by molar-refractivity contribution is 6.36. The van der Waals surface area contributed by atoms with E-state index in [-0.39, 0.29) is 17.5 Å². The van der Waals surface area contributed by atoms with Gasteiger partial charge in [-0.1, -0.05) is 23.2 Å². The molecule has 0 N–H and O–H groups in total. The van der Waals surface area contributed by atoms with Crippen molar-refractivity contribution >= 4 is 35.1 Å². The average molecular weight is 530 g/mol. The lowest BCUT2D eigenvalue weighted by molar-refractivity contribution is 0.0583. The minimum atomic E-state index is -0.437. The van der Waals surface area contributed by atoms with Crippen LogP contribution in [0.5, 0.6) is 17.2 Å². The van der Waals surface area contributed by atoms with E-state index < -0.39 is 12.0 Å². The summed E-state index contributed by atoms with van der Waals surface area (Å²) in [6.45, 7) is 0.618. The second-order valence-electron chi connectivity index (χ2n) is 8.12. The third kappa shape index (κ3) is 5.22. The molecule has 0 spiro atoms. The summed E-state index contributed by atoms with van der Waals surface area (Å²) < 4.78 is 21.8. The molecule has 7 nitrogen and oxygen atoms in total. The molecule has 0 saturated carbocycles.